The van der Waals surface area contributed by atoms with Crippen molar-refractivity contribution in [1.82, 2.24) is 0 Å². The van der Waals surface area contributed by atoms with Crippen molar-refractivity contribution >= 4 is 11.9 Å². The molecule has 0 amide bonds. The first-order chi connectivity index (χ1) is 7.78. The Morgan fingerprint density at radius 2 is 1.76 bits per heavy atom. The Kier molecular flexibility index (Phi) is 2.56. The van der Waals surface area contributed by atoms with Gasteiger partial charge in [-0.05, 0) is 25.7 Å². The highest BCUT2D eigenvalue weighted by Crippen LogP contribution is 2.46. The van der Waals surface area contributed by atoms with E-state index in [0.29, 0.717) is 12.8 Å². The summed E-state index contributed by atoms with van der Waals surface area (Å²) in [5.74, 6) is -2.12. The van der Waals surface area contributed by atoms with E-state index < -0.39 is 23.1 Å². The first-order valence-corrected chi connectivity index (χ1v) is 5.90. The molecule has 1 saturated heterocycles. The minimum atomic E-state index is -1.14. The monoisotopic (exact) mass is 238 g/mol. The molecular weight excluding hydrogens is 220 g/mol. The van der Waals surface area contributed by atoms with Gasteiger partial charge in [-0.3, -0.25) is 9.59 Å². The molecule has 1 aliphatic heterocycles. The lowest BCUT2D eigenvalue weighted by molar-refractivity contribution is -0.255. The molecule has 0 aromatic carbocycles. The van der Waals surface area contributed by atoms with Crippen LogP contribution in [0.2, 0.25) is 0 Å². The van der Waals surface area contributed by atoms with Crippen LogP contribution in [0.15, 0.2) is 11.6 Å². The van der Waals surface area contributed by atoms with Crippen LogP contribution >= 0.6 is 0 Å². The Morgan fingerprint density at radius 3 is 2.29 bits per heavy atom. The van der Waals surface area contributed by atoms with Gasteiger partial charge in [-0.2, -0.15) is 0 Å². The fourth-order valence-corrected chi connectivity index (χ4v) is 2.54. The maximum atomic E-state index is 12.2. The number of carbonyl (C=O) groups is 2. The van der Waals surface area contributed by atoms with Gasteiger partial charge in [0.25, 0.3) is 5.79 Å². The van der Waals surface area contributed by atoms with Gasteiger partial charge in [-0.15, -0.1) is 0 Å². The minimum absolute atomic E-state index is 0.0812. The molecule has 2 rings (SSSR count). The second kappa shape index (κ2) is 3.59. The Bertz CT molecular complexity index is 386. The number of hydrogen-bond acceptors (Lipinski definition) is 4. The van der Waals surface area contributed by atoms with Crippen molar-refractivity contribution in [3.63, 3.8) is 0 Å². The third-order valence-electron chi connectivity index (χ3n) is 3.62. The molecule has 4 heteroatoms. The Morgan fingerprint density at radius 1 is 1.24 bits per heavy atom. The summed E-state index contributed by atoms with van der Waals surface area (Å²) in [4.78, 5) is 24.4. The van der Waals surface area contributed by atoms with E-state index in [1.807, 2.05) is 13.8 Å². The average Bonchev–Trinajstić information content (AvgIpc) is 2.18. The maximum absolute atomic E-state index is 12.2. The van der Waals surface area contributed by atoms with Gasteiger partial charge in [-0.25, -0.2) is 0 Å². The molecule has 0 aromatic rings. The summed E-state index contributed by atoms with van der Waals surface area (Å²) >= 11 is 0. The number of cyclic esters (lactones) is 2. The lowest BCUT2D eigenvalue weighted by Gasteiger charge is -2.44. The van der Waals surface area contributed by atoms with Gasteiger partial charge in [0.1, 0.15) is 0 Å². The van der Waals surface area contributed by atoms with Gasteiger partial charge in [-0.1, -0.05) is 18.6 Å². The highest BCUT2D eigenvalue weighted by molar-refractivity contribution is 6.02. The second-order valence-electron chi connectivity index (χ2n) is 5.51. The average molecular weight is 238 g/mol. The van der Waals surface area contributed by atoms with E-state index in [2.05, 4.69) is 6.08 Å². The predicted octanol–water partition coefficient (Wildman–Crippen LogP) is 2.19. The fourth-order valence-electron chi connectivity index (χ4n) is 2.54. The van der Waals surface area contributed by atoms with Gasteiger partial charge in [0.2, 0.25) is 0 Å². The Labute approximate surface area is 101 Å². The topological polar surface area (TPSA) is 52.6 Å². The zero-order chi connectivity index (χ0) is 12.8. The summed E-state index contributed by atoms with van der Waals surface area (Å²) in [6.07, 6.45) is 3.18. The molecule has 0 N–H and O–H groups in total. The number of esters is 2. The highest BCUT2D eigenvalue weighted by atomic mass is 16.7. The Hall–Kier alpha value is -1.32. The number of hydrogen-bond donors (Lipinski definition) is 0. The first-order valence-electron chi connectivity index (χ1n) is 5.90. The van der Waals surface area contributed by atoms with Crippen molar-refractivity contribution in [2.75, 3.05) is 0 Å². The minimum Gasteiger partial charge on any atom is -0.422 e. The van der Waals surface area contributed by atoms with Crippen LogP contribution < -0.4 is 0 Å². The summed E-state index contributed by atoms with van der Waals surface area (Å²) in [5, 5.41) is 0. The van der Waals surface area contributed by atoms with E-state index in [0.717, 1.165) is 5.57 Å². The fraction of sp³-hybridized carbons (Fsp3) is 0.692. The molecule has 0 saturated carbocycles. The normalized spacial score (nSPS) is 30.6. The van der Waals surface area contributed by atoms with Crippen molar-refractivity contribution in [2.24, 2.45) is 11.3 Å². The van der Waals surface area contributed by atoms with Crippen LogP contribution in [-0.4, -0.2) is 17.7 Å². The van der Waals surface area contributed by atoms with Crippen LogP contribution in [0.4, 0.5) is 0 Å². The number of rotatable bonds is 0. The quantitative estimate of drug-likeness (QED) is 0.369. The molecule has 1 heterocycles. The van der Waals surface area contributed by atoms with E-state index in [9.17, 15) is 9.59 Å². The third-order valence-corrected chi connectivity index (χ3v) is 3.62. The van der Waals surface area contributed by atoms with Gasteiger partial charge < -0.3 is 9.47 Å². The molecule has 4 nitrogen and oxygen atoms in total. The Balaban J connectivity index is 2.40. The van der Waals surface area contributed by atoms with E-state index in [4.69, 9.17) is 9.47 Å². The van der Waals surface area contributed by atoms with Crippen molar-refractivity contribution in [3.8, 4) is 0 Å². The van der Waals surface area contributed by atoms with E-state index >= 15 is 0 Å². The molecular formula is C13H18O4. The third kappa shape index (κ3) is 1.75. The van der Waals surface area contributed by atoms with Crippen LogP contribution in [0.1, 0.15) is 40.5 Å². The second-order valence-corrected chi connectivity index (χ2v) is 5.51. The van der Waals surface area contributed by atoms with Gasteiger partial charge in [0.05, 0.1) is 0 Å². The molecule has 1 spiro atoms. The van der Waals surface area contributed by atoms with Crippen molar-refractivity contribution in [2.45, 2.75) is 46.3 Å². The molecule has 17 heavy (non-hydrogen) atoms. The van der Waals surface area contributed by atoms with Crippen LogP contribution in [0.3, 0.4) is 0 Å². The van der Waals surface area contributed by atoms with Crippen LogP contribution in [-0.2, 0) is 19.1 Å². The highest BCUT2D eigenvalue weighted by Gasteiger charge is 2.59. The van der Waals surface area contributed by atoms with E-state index in [1.165, 1.54) is 0 Å². The van der Waals surface area contributed by atoms with Crippen molar-refractivity contribution in [3.05, 3.63) is 11.6 Å². The molecule has 94 valence electrons. The van der Waals surface area contributed by atoms with Crippen molar-refractivity contribution < 1.29 is 19.1 Å². The predicted molar refractivity (Wildman–Crippen MR) is 60.9 cm³/mol. The maximum Gasteiger partial charge on any atom is 0.327 e. The summed E-state index contributed by atoms with van der Waals surface area (Å²) in [6.45, 7) is 6.97. The summed E-state index contributed by atoms with van der Waals surface area (Å²) < 4.78 is 10.5. The van der Waals surface area contributed by atoms with E-state index in [-0.39, 0.29) is 5.92 Å². The zero-order valence-electron chi connectivity index (χ0n) is 10.7. The number of ether oxygens (including phenoxy) is 2. The van der Waals surface area contributed by atoms with Gasteiger partial charge in [0, 0.05) is 13.8 Å². The summed E-state index contributed by atoms with van der Waals surface area (Å²) in [7, 11) is 0. The summed E-state index contributed by atoms with van der Waals surface area (Å²) in [5.41, 5.74) is -0.0920. The molecule has 1 aliphatic carbocycles. The standard InChI is InChI=1S/C13H18O4/c1-8-5-6-9(2)13(7-8)10(14)16-12(3,4)17-11(13)15/h5,9H,6-7H2,1-4H3. The lowest BCUT2D eigenvalue weighted by Crippen LogP contribution is -2.57. The SMILES string of the molecule is CC1=CCC(C)C2(C1)C(=O)OC(C)(C)OC2=O. The largest absolute Gasteiger partial charge is 0.422 e. The molecule has 0 aromatic heterocycles. The number of allylic oxidation sites excluding steroid dienone is 2. The van der Waals surface area contributed by atoms with Crippen LogP contribution in [0, 0.1) is 11.3 Å². The molecule has 0 radical (unpaired) electrons. The van der Waals surface area contributed by atoms with Crippen LogP contribution in [0.25, 0.3) is 0 Å². The zero-order valence-corrected chi connectivity index (χ0v) is 10.7. The van der Waals surface area contributed by atoms with Crippen LogP contribution in [0.5, 0.6) is 0 Å². The van der Waals surface area contributed by atoms with Crippen molar-refractivity contribution in [1.29, 1.82) is 0 Å². The number of carbonyl (C=O) groups excluding carboxylic acids is 2. The lowest BCUT2D eigenvalue weighted by atomic mass is 9.67. The summed E-state index contributed by atoms with van der Waals surface area (Å²) in [6, 6.07) is 0. The molecule has 1 fully saturated rings. The van der Waals surface area contributed by atoms with Gasteiger partial charge in [0.15, 0.2) is 5.41 Å². The van der Waals surface area contributed by atoms with Gasteiger partial charge >= 0.3 is 11.9 Å². The van der Waals surface area contributed by atoms with E-state index in [1.54, 1.807) is 13.8 Å². The molecule has 1 unspecified atom stereocenters. The molecule has 0 bridgehead atoms. The first kappa shape index (κ1) is 12.1. The molecule has 1 atom stereocenters. The smallest absolute Gasteiger partial charge is 0.327 e. The molecule has 2 aliphatic rings.